The summed E-state index contributed by atoms with van der Waals surface area (Å²) >= 11 is 0. The van der Waals surface area contributed by atoms with E-state index in [0.717, 1.165) is 22.2 Å². The van der Waals surface area contributed by atoms with Gasteiger partial charge in [0.25, 0.3) is 0 Å². The molecule has 1 amide bonds. The molecule has 0 atom stereocenters. The van der Waals surface area contributed by atoms with Crippen LogP contribution in [0.4, 0.5) is 9.18 Å². The molecule has 3 N–H and O–H groups in total. The average molecular weight is 504 g/mol. The van der Waals surface area contributed by atoms with Gasteiger partial charge in [-0.15, -0.1) is 0 Å². The fraction of sp³-hybridized carbons (Fsp3) is 0.304. The number of amides is 1. The maximum Gasteiger partial charge on any atom is 0.421 e. The molecule has 3 heterocycles. The summed E-state index contributed by atoms with van der Waals surface area (Å²) in [5.41, 5.74) is 3.67. The van der Waals surface area contributed by atoms with Crippen LogP contribution in [0, 0.1) is 5.82 Å². The van der Waals surface area contributed by atoms with Crippen molar-refractivity contribution >= 4 is 32.9 Å². The summed E-state index contributed by atoms with van der Waals surface area (Å²) in [4.78, 5) is 19.4. The maximum atomic E-state index is 14.0. The van der Waals surface area contributed by atoms with Gasteiger partial charge in [-0.1, -0.05) is 6.08 Å². The zero-order valence-corrected chi connectivity index (χ0v) is 20.1. The Labute approximate surface area is 202 Å². The number of benzene rings is 1. The molecule has 0 saturated heterocycles. The van der Waals surface area contributed by atoms with Crippen molar-refractivity contribution in [2.24, 2.45) is 0 Å². The van der Waals surface area contributed by atoms with Gasteiger partial charge in [0.05, 0.1) is 7.11 Å². The van der Waals surface area contributed by atoms with Gasteiger partial charge in [-0.2, -0.15) is 12.7 Å². The van der Waals surface area contributed by atoms with Crippen LogP contribution in [0.2, 0.25) is 0 Å². The van der Waals surface area contributed by atoms with Crippen LogP contribution < -0.4 is 14.8 Å². The third kappa shape index (κ3) is 5.45. The van der Waals surface area contributed by atoms with Gasteiger partial charge in [0.2, 0.25) is 0 Å². The predicted molar refractivity (Wildman–Crippen MR) is 130 cm³/mol. The van der Waals surface area contributed by atoms with E-state index in [4.69, 9.17) is 9.47 Å². The molecule has 0 unspecified atom stereocenters. The molecule has 12 heteroatoms. The summed E-state index contributed by atoms with van der Waals surface area (Å²) in [6.45, 7) is 0.732. The van der Waals surface area contributed by atoms with Crippen molar-refractivity contribution in [3.63, 3.8) is 0 Å². The lowest BCUT2D eigenvalue weighted by Gasteiger charge is -2.25. The van der Waals surface area contributed by atoms with Gasteiger partial charge in [-0.3, -0.25) is 0 Å². The minimum atomic E-state index is -4.03. The van der Waals surface area contributed by atoms with E-state index in [1.54, 1.807) is 31.5 Å². The highest BCUT2D eigenvalue weighted by Crippen LogP contribution is 2.36. The fourth-order valence-corrected chi connectivity index (χ4v) is 4.89. The Hall–Kier alpha value is -3.48. The summed E-state index contributed by atoms with van der Waals surface area (Å²) in [6, 6.07) is 8.04. The molecule has 4 rings (SSSR count). The third-order valence-electron chi connectivity index (χ3n) is 5.64. The topological polar surface area (TPSA) is 126 Å². The highest BCUT2D eigenvalue weighted by atomic mass is 32.2. The number of likely N-dealkylation sites (N-methyl/N-ethyl adjacent to an activating group) is 1. The van der Waals surface area contributed by atoms with Gasteiger partial charge in [0, 0.05) is 42.5 Å². The van der Waals surface area contributed by atoms with Gasteiger partial charge >= 0.3 is 16.3 Å². The van der Waals surface area contributed by atoms with Crippen molar-refractivity contribution in [1.82, 2.24) is 24.3 Å². The van der Waals surface area contributed by atoms with Crippen molar-refractivity contribution in [3.05, 3.63) is 54.1 Å². The Morgan fingerprint density at radius 2 is 2.09 bits per heavy atom. The Bertz CT molecular complexity index is 1370. The molecule has 0 bridgehead atoms. The van der Waals surface area contributed by atoms with Crippen LogP contribution in [0.5, 0.6) is 5.75 Å². The fourth-order valence-electron chi connectivity index (χ4n) is 3.88. The predicted octanol–water partition coefficient (Wildman–Crippen LogP) is 2.66. The average Bonchev–Trinajstić information content (AvgIpc) is 3.28. The number of hydrogen-bond donors (Lipinski definition) is 3. The number of hydrogen-bond acceptors (Lipinski definition) is 7. The summed E-state index contributed by atoms with van der Waals surface area (Å²) < 4.78 is 52.3. The van der Waals surface area contributed by atoms with E-state index < -0.39 is 16.3 Å². The molecule has 3 aromatic rings. The minimum Gasteiger partial charge on any atom is -0.496 e. The van der Waals surface area contributed by atoms with Gasteiger partial charge < -0.3 is 19.8 Å². The molecule has 2 aromatic heterocycles. The molecule has 1 aliphatic rings. The number of rotatable bonds is 8. The summed E-state index contributed by atoms with van der Waals surface area (Å²) in [6.07, 6.45) is 2.81. The standard InChI is InChI=1S/C23H26FN5O5S/c1-25-9-12-34-23(30)28-35(31,32)29-10-6-15(7-11-29)20-14-19-17(5-8-26-22(19)27-20)18-13-16(24)3-4-21(18)33-2/h3-6,8,13-14,25H,7,9-12H2,1-2H3,(H,26,27)(H,28,30). The Kier molecular flexibility index (Phi) is 7.34. The lowest BCUT2D eigenvalue weighted by Crippen LogP contribution is -2.45. The van der Waals surface area contributed by atoms with Gasteiger partial charge in [-0.05, 0) is 54.9 Å². The van der Waals surface area contributed by atoms with E-state index in [1.807, 2.05) is 10.8 Å². The maximum absolute atomic E-state index is 14.0. The molecular formula is C23H26FN5O5S. The van der Waals surface area contributed by atoms with E-state index in [0.29, 0.717) is 29.9 Å². The number of carbonyl (C=O) groups is 1. The Morgan fingerprint density at radius 1 is 1.26 bits per heavy atom. The number of H-pyrrole nitrogens is 1. The normalized spacial score (nSPS) is 14.5. The molecule has 0 spiro atoms. The Morgan fingerprint density at radius 3 is 2.80 bits per heavy atom. The monoisotopic (exact) mass is 503 g/mol. The number of nitrogens with zero attached hydrogens (tertiary/aromatic N) is 2. The van der Waals surface area contributed by atoms with Crippen molar-refractivity contribution in [1.29, 1.82) is 0 Å². The van der Waals surface area contributed by atoms with Crippen LogP contribution in [0.25, 0.3) is 27.7 Å². The number of ether oxygens (including phenoxy) is 2. The molecule has 1 aromatic carbocycles. The Balaban J connectivity index is 1.54. The van der Waals surface area contributed by atoms with Gasteiger partial charge in [0.1, 0.15) is 23.8 Å². The molecule has 10 nitrogen and oxygen atoms in total. The molecule has 35 heavy (non-hydrogen) atoms. The molecule has 0 saturated carbocycles. The van der Waals surface area contributed by atoms with E-state index in [-0.39, 0.29) is 25.5 Å². The van der Waals surface area contributed by atoms with E-state index in [9.17, 15) is 17.6 Å². The lowest BCUT2D eigenvalue weighted by molar-refractivity contribution is 0.153. The van der Waals surface area contributed by atoms with Crippen molar-refractivity contribution in [2.45, 2.75) is 6.42 Å². The number of pyridine rings is 1. The number of methoxy groups -OCH3 is 1. The lowest BCUT2D eigenvalue weighted by atomic mass is 10.0. The molecular weight excluding hydrogens is 477 g/mol. The van der Waals surface area contributed by atoms with Crippen LogP contribution in [-0.2, 0) is 14.9 Å². The zero-order chi connectivity index (χ0) is 25.0. The van der Waals surface area contributed by atoms with E-state index >= 15 is 0 Å². The van der Waals surface area contributed by atoms with Crippen LogP contribution in [-0.4, -0.2) is 69.2 Å². The van der Waals surface area contributed by atoms with Crippen LogP contribution in [0.15, 0.2) is 42.6 Å². The number of carbonyl (C=O) groups excluding carboxylic acids is 1. The SMILES string of the molecule is CNCCOC(=O)NS(=O)(=O)N1CC=C(c2cc3c(-c4cc(F)ccc4OC)ccnc3[nH]2)CC1. The first-order chi connectivity index (χ1) is 16.8. The largest absolute Gasteiger partial charge is 0.496 e. The first-order valence-electron chi connectivity index (χ1n) is 10.9. The summed E-state index contributed by atoms with van der Waals surface area (Å²) in [7, 11) is -0.811. The smallest absolute Gasteiger partial charge is 0.421 e. The first kappa shape index (κ1) is 24.6. The second kappa shape index (κ2) is 10.4. The minimum absolute atomic E-state index is 0.0554. The number of aromatic amines is 1. The van der Waals surface area contributed by atoms with E-state index in [2.05, 4.69) is 15.3 Å². The highest BCUT2D eigenvalue weighted by Gasteiger charge is 2.27. The van der Waals surface area contributed by atoms with Crippen LogP contribution >= 0.6 is 0 Å². The van der Waals surface area contributed by atoms with Crippen molar-refractivity contribution in [3.8, 4) is 16.9 Å². The number of halogens is 1. The molecule has 1 aliphatic heterocycles. The second-order valence-corrected chi connectivity index (χ2v) is 9.50. The molecule has 0 fully saturated rings. The van der Waals surface area contributed by atoms with Gasteiger partial charge in [0.15, 0.2) is 0 Å². The molecule has 186 valence electrons. The number of nitrogens with one attached hydrogen (secondary N) is 3. The first-order valence-corrected chi connectivity index (χ1v) is 12.4. The van der Waals surface area contributed by atoms with Crippen molar-refractivity contribution < 1.29 is 27.1 Å². The van der Waals surface area contributed by atoms with Gasteiger partial charge in [-0.25, -0.2) is 18.9 Å². The summed E-state index contributed by atoms with van der Waals surface area (Å²) in [5.74, 6) is 0.161. The zero-order valence-electron chi connectivity index (χ0n) is 19.3. The van der Waals surface area contributed by atoms with E-state index in [1.165, 1.54) is 23.5 Å². The number of fused-ring (bicyclic) bond motifs is 1. The number of aromatic nitrogens is 2. The van der Waals surface area contributed by atoms with Crippen LogP contribution in [0.1, 0.15) is 12.1 Å². The quantitative estimate of drug-likeness (QED) is 0.404. The van der Waals surface area contributed by atoms with Crippen molar-refractivity contribution in [2.75, 3.05) is 40.4 Å². The third-order valence-corrected chi connectivity index (χ3v) is 7.07. The highest BCUT2D eigenvalue weighted by molar-refractivity contribution is 7.87. The summed E-state index contributed by atoms with van der Waals surface area (Å²) in [5, 5.41) is 3.58. The second-order valence-electron chi connectivity index (χ2n) is 7.83. The molecule has 0 aliphatic carbocycles. The van der Waals surface area contributed by atoms with Crippen LogP contribution in [0.3, 0.4) is 0 Å². The molecule has 0 radical (unpaired) electrons.